The van der Waals surface area contributed by atoms with Crippen LogP contribution in [0.2, 0.25) is 0 Å². The zero-order chi connectivity index (χ0) is 14.8. The first-order chi connectivity index (χ1) is 9.36. The lowest BCUT2D eigenvalue weighted by Crippen LogP contribution is -2.08. The number of hydrogen-bond acceptors (Lipinski definition) is 6. The highest BCUT2D eigenvalue weighted by Crippen LogP contribution is 2.19. The van der Waals surface area contributed by atoms with E-state index in [-0.39, 0.29) is 24.1 Å². The van der Waals surface area contributed by atoms with E-state index in [1.165, 1.54) is 31.2 Å². The van der Waals surface area contributed by atoms with Crippen LogP contribution in [0.15, 0.2) is 28.8 Å². The summed E-state index contributed by atoms with van der Waals surface area (Å²) in [6.07, 6.45) is 1.09. The van der Waals surface area contributed by atoms with Gasteiger partial charge in [-0.25, -0.2) is 12.8 Å². The highest BCUT2D eigenvalue weighted by atomic mass is 32.2. The Morgan fingerprint density at radius 1 is 1.35 bits per heavy atom. The summed E-state index contributed by atoms with van der Waals surface area (Å²) >= 11 is 0. The number of halogens is 1. The average molecular weight is 300 g/mol. The van der Waals surface area contributed by atoms with E-state index in [1.807, 2.05) is 0 Å². The lowest BCUT2D eigenvalue weighted by molar-refractivity contribution is 0.284. The van der Waals surface area contributed by atoms with Crippen molar-refractivity contribution >= 4 is 9.84 Å². The molecule has 0 aliphatic heterocycles. The van der Waals surface area contributed by atoms with Crippen molar-refractivity contribution in [1.29, 1.82) is 0 Å². The monoisotopic (exact) mass is 300 g/mol. The molecule has 2 aromatic rings. The summed E-state index contributed by atoms with van der Waals surface area (Å²) in [5.74, 6) is 0.333. The molecule has 1 aromatic carbocycles. The second kappa shape index (κ2) is 5.58. The van der Waals surface area contributed by atoms with Crippen molar-refractivity contribution in [2.24, 2.45) is 0 Å². The van der Waals surface area contributed by atoms with Crippen LogP contribution in [-0.2, 0) is 16.4 Å². The van der Waals surface area contributed by atoms with E-state index < -0.39 is 15.1 Å². The van der Waals surface area contributed by atoms with Gasteiger partial charge in [-0.05, 0) is 31.2 Å². The minimum absolute atomic E-state index is 0.00557. The maximum Gasteiger partial charge on any atom is 0.244 e. The number of hydrogen-bond donors (Lipinski definition) is 0. The molecule has 108 valence electrons. The molecular formula is C12H13FN2O4S. The number of nitrogens with zero attached hydrogens (tertiary/aromatic N) is 2. The van der Waals surface area contributed by atoms with Crippen LogP contribution < -0.4 is 4.74 Å². The normalized spacial score (nSPS) is 13.2. The molecule has 0 radical (unpaired) electrons. The average Bonchev–Trinajstić information content (AvgIpc) is 2.85. The zero-order valence-electron chi connectivity index (χ0n) is 10.9. The predicted molar refractivity (Wildman–Crippen MR) is 68.3 cm³/mol. The molecule has 2 rings (SSSR count). The van der Waals surface area contributed by atoms with Gasteiger partial charge in [0.2, 0.25) is 11.7 Å². The van der Waals surface area contributed by atoms with Crippen molar-refractivity contribution in [1.82, 2.24) is 10.1 Å². The summed E-state index contributed by atoms with van der Waals surface area (Å²) in [6.45, 7) is 1.47. The van der Waals surface area contributed by atoms with E-state index in [0.29, 0.717) is 5.75 Å². The van der Waals surface area contributed by atoms with Crippen molar-refractivity contribution in [2.75, 3.05) is 6.26 Å². The molecule has 6 nitrogen and oxygen atoms in total. The summed E-state index contributed by atoms with van der Waals surface area (Å²) in [5.41, 5.74) is 0. The van der Waals surface area contributed by atoms with Crippen LogP contribution in [-0.4, -0.2) is 24.8 Å². The first kappa shape index (κ1) is 14.4. The molecule has 0 bridgehead atoms. The second-order valence-corrected chi connectivity index (χ2v) is 6.63. The smallest absolute Gasteiger partial charge is 0.244 e. The lowest BCUT2D eigenvalue weighted by Gasteiger charge is -2.02. The third kappa shape index (κ3) is 3.53. The summed E-state index contributed by atoms with van der Waals surface area (Å²) in [7, 11) is -3.29. The first-order valence-electron chi connectivity index (χ1n) is 5.76. The fraction of sp³-hybridized carbons (Fsp3) is 0.333. The molecule has 0 unspecified atom stereocenters. The standard InChI is InChI=1S/C12H13FN2O4S/c1-8(20(2,16)17)12-14-11(15-19-12)7-18-10-5-3-9(13)4-6-10/h3-6,8H,7H2,1-2H3/t8-/m1/s1. The summed E-state index contributed by atoms with van der Waals surface area (Å²) in [6, 6.07) is 5.47. The fourth-order valence-electron chi connectivity index (χ4n) is 1.35. The summed E-state index contributed by atoms with van der Waals surface area (Å²) in [4.78, 5) is 3.95. The Kier molecular flexibility index (Phi) is 4.03. The van der Waals surface area contributed by atoms with Gasteiger partial charge in [-0.15, -0.1) is 0 Å². The Morgan fingerprint density at radius 3 is 2.60 bits per heavy atom. The molecule has 20 heavy (non-hydrogen) atoms. The molecule has 0 spiro atoms. The van der Waals surface area contributed by atoms with Crippen molar-refractivity contribution in [2.45, 2.75) is 18.8 Å². The summed E-state index contributed by atoms with van der Waals surface area (Å²) in [5, 5.41) is 2.77. The quantitative estimate of drug-likeness (QED) is 0.838. The molecule has 1 aromatic heterocycles. The van der Waals surface area contributed by atoms with E-state index in [2.05, 4.69) is 10.1 Å². The van der Waals surface area contributed by atoms with Crippen molar-refractivity contribution < 1.29 is 22.1 Å². The molecule has 0 saturated heterocycles. The Bertz CT molecular complexity index is 682. The number of rotatable bonds is 5. The fourth-order valence-corrected chi connectivity index (χ4v) is 1.82. The molecule has 1 heterocycles. The molecule has 0 N–H and O–H groups in total. The van der Waals surface area contributed by atoms with Crippen LogP contribution in [0.3, 0.4) is 0 Å². The van der Waals surface area contributed by atoms with Crippen LogP contribution in [0.5, 0.6) is 5.75 Å². The first-order valence-corrected chi connectivity index (χ1v) is 7.71. The minimum atomic E-state index is -3.29. The lowest BCUT2D eigenvalue weighted by atomic mass is 10.3. The Labute approximate surface area is 115 Å². The highest BCUT2D eigenvalue weighted by molar-refractivity contribution is 7.90. The SMILES string of the molecule is C[C@H](c1nc(COc2ccc(F)cc2)no1)S(C)(=O)=O. The van der Waals surface area contributed by atoms with Gasteiger partial charge in [-0.1, -0.05) is 5.16 Å². The van der Waals surface area contributed by atoms with Gasteiger partial charge < -0.3 is 9.26 Å². The molecule has 0 aliphatic rings. The molecule has 8 heteroatoms. The molecule has 0 aliphatic carbocycles. The van der Waals surface area contributed by atoms with Crippen LogP contribution in [0, 0.1) is 5.82 Å². The van der Waals surface area contributed by atoms with Gasteiger partial charge in [0, 0.05) is 6.26 Å². The second-order valence-electron chi connectivity index (χ2n) is 4.26. The zero-order valence-corrected chi connectivity index (χ0v) is 11.7. The largest absolute Gasteiger partial charge is 0.485 e. The number of sulfone groups is 1. The van der Waals surface area contributed by atoms with Gasteiger partial charge in [0.15, 0.2) is 16.4 Å². The van der Waals surface area contributed by atoms with Crippen LogP contribution in [0.4, 0.5) is 4.39 Å². The topological polar surface area (TPSA) is 82.3 Å². The predicted octanol–water partition coefficient (Wildman–Crippen LogP) is 1.89. The molecule has 0 saturated carbocycles. The van der Waals surface area contributed by atoms with Gasteiger partial charge in [0.05, 0.1) is 0 Å². The number of benzene rings is 1. The van der Waals surface area contributed by atoms with Gasteiger partial charge in [0.1, 0.15) is 16.8 Å². The van der Waals surface area contributed by atoms with Crippen LogP contribution in [0.1, 0.15) is 23.9 Å². The van der Waals surface area contributed by atoms with Crippen molar-refractivity contribution in [3.8, 4) is 5.75 Å². The molecular weight excluding hydrogens is 287 g/mol. The van der Waals surface area contributed by atoms with Gasteiger partial charge >= 0.3 is 0 Å². The number of aromatic nitrogens is 2. The van der Waals surface area contributed by atoms with Gasteiger partial charge in [-0.3, -0.25) is 0 Å². The van der Waals surface area contributed by atoms with E-state index in [1.54, 1.807) is 0 Å². The number of ether oxygens (including phenoxy) is 1. The highest BCUT2D eigenvalue weighted by Gasteiger charge is 2.23. The summed E-state index contributed by atoms with van der Waals surface area (Å²) < 4.78 is 45.6. The van der Waals surface area contributed by atoms with E-state index in [9.17, 15) is 12.8 Å². The molecule has 1 atom stereocenters. The Morgan fingerprint density at radius 2 is 2.00 bits per heavy atom. The Balaban J connectivity index is 2.01. The molecule has 0 amide bonds. The van der Waals surface area contributed by atoms with E-state index >= 15 is 0 Å². The minimum Gasteiger partial charge on any atom is -0.485 e. The van der Waals surface area contributed by atoms with Crippen LogP contribution >= 0.6 is 0 Å². The maximum atomic E-state index is 12.7. The molecule has 0 fully saturated rings. The van der Waals surface area contributed by atoms with Crippen molar-refractivity contribution in [3.63, 3.8) is 0 Å². The third-order valence-corrected chi connectivity index (χ3v) is 4.14. The maximum absolute atomic E-state index is 12.7. The van der Waals surface area contributed by atoms with E-state index in [4.69, 9.17) is 9.26 Å². The van der Waals surface area contributed by atoms with E-state index in [0.717, 1.165) is 6.26 Å². The van der Waals surface area contributed by atoms with Crippen LogP contribution in [0.25, 0.3) is 0 Å². The van der Waals surface area contributed by atoms with Crippen molar-refractivity contribution in [3.05, 3.63) is 41.8 Å². The Hall–Kier alpha value is -1.96. The third-order valence-electron chi connectivity index (χ3n) is 2.66. The van der Waals surface area contributed by atoms with Gasteiger partial charge in [-0.2, -0.15) is 4.98 Å². The van der Waals surface area contributed by atoms with Gasteiger partial charge in [0.25, 0.3) is 0 Å².